The number of aromatic nitrogens is 2. The van der Waals surface area contributed by atoms with Gasteiger partial charge in [-0.2, -0.15) is 0 Å². The lowest BCUT2D eigenvalue weighted by atomic mass is 10.2. The average molecular weight is 285 g/mol. The van der Waals surface area contributed by atoms with Crippen molar-refractivity contribution in [2.24, 2.45) is 4.99 Å². The van der Waals surface area contributed by atoms with E-state index in [1.54, 1.807) is 0 Å². The lowest BCUT2D eigenvalue weighted by molar-refractivity contribution is 0.291. The van der Waals surface area contributed by atoms with Crippen molar-refractivity contribution in [3.8, 4) is 5.88 Å². The van der Waals surface area contributed by atoms with Gasteiger partial charge in [-0.05, 0) is 32.0 Å². The van der Waals surface area contributed by atoms with Gasteiger partial charge in [-0.15, -0.1) is 0 Å². The molecule has 1 aromatic heterocycles. The second kappa shape index (κ2) is 7.20. The minimum atomic E-state index is -0.463. The van der Waals surface area contributed by atoms with Crippen molar-refractivity contribution < 1.29 is 10.2 Å². The van der Waals surface area contributed by atoms with Gasteiger partial charge in [-0.3, -0.25) is 19.3 Å². The van der Waals surface area contributed by atoms with Crippen LogP contribution in [-0.2, 0) is 0 Å². The fourth-order valence-electron chi connectivity index (χ4n) is 1.58. The summed E-state index contributed by atoms with van der Waals surface area (Å²) in [6, 6.07) is -0.0195. The maximum Gasteiger partial charge on any atom is 0.264 e. The summed E-state index contributed by atoms with van der Waals surface area (Å²) >= 11 is 5.05. The van der Waals surface area contributed by atoms with Crippen LogP contribution in [0, 0.1) is 4.77 Å². The smallest absolute Gasteiger partial charge is 0.264 e. The molecular formula is C12H19N3O3S. The minimum absolute atomic E-state index is 0.0195. The van der Waals surface area contributed by atoms with Gasteiger partial charge in [0.15, 0.2) is 4.77 Å². The van der Waals surface area contributed by atoms with Crippen molar-refractivity contribution >= 4 is 18.4 Å². The molecule has 0 unspecified atom stereocenters. The fourth-order valence-corrected chi connectivity index (χ4v) is 1.94. The number of nitrogens with one attached hydrogen (secondary N) is 1. The monoisotopic (exact) mass is 285 g/mol. The number of aliphatic hydroxyl groups excluding tert-OH is 1. The van der Waals surface area contributed by atoms with E-state index >= 15 is 0 Å². The Labute approximate surface area is 116 Å². The van der Waals surface area contributed by atoms with Gasteiger partial charge in [0.1, 0.15) is 5.56 Å². The van der Waals surface area contributed by atoms with Crippen LogP contribution in [0.2, 0.25) is 0 Å². The standard InChI is InChI=1S/C12H19N3O3S/c1-3-8(2)15-11(18)9(7-13-5-4-6-16)10(17)14-12(15)19/h7-8,16,18H,3-6H2,1-2H3,(H,14,17,19)/t8-/m1/s1. The summed E-state index contributed by atoms with van der Waals surface area (Å²) in [5, 5.41) is 18.8. The van der Waals surface area contributed by atoms with E-state index in [9.17, 15) is 9.90 Å². The summed E-state index contributed by atoms with van der Waals surface area (Å²) in [6.45, 7) is 4.30. The quantitative estimate of drug-likeness (QED) is 0.418. The van der Waals surface area contributed by atoms with Gasteiger partial charge in [0, 0.05) is 25.4 Å². The molecule has 0 aliphatic carbocycles. The Kier molecular flexibility index (Phi) is 5.91. The van der Waals surface area contributed by atoms with Gasteiger partial charge in [0.05, 0.1) is 0 Å². The van der Waals surface area contributed by atoms with E-state index in [1.165, 1.54) is 10.8 Å². The highest BCUT2D eigenvalue weighted by atomic mass is 32.1. The Morgan fingerprint density at radius 3 is 2.84 bits per heavy atom. The Balaban J connectivity index is 3.22. The number of hydrogen-bond donors (Lipinski definition) is 3. The van der Waals surface area contributed by atoms with E-state index in [1.807, 2.05) is 13.8 Å². The van der Waals surface area contributed by atoms with Crippen LogP contribution in [0.3, 0.4) is 0 Å². The molecular weight excluding hydrogens is 266 g/mol. The summed E-state index contributed by atoms with van der Waals surface area (Å²) in [5.41, 5.74) is -0.373. The largest absolute Gasteiger partial charge is 0.494 e. The first-order valence-corrected chi connectivity index (χ1v) is 6.62. The van der Waals surface area contributed by atoms with Gasteiger partial charge in [-0.25, -0.2) is 0 Å². The van der Waals surface area contributed by atoms with Crippen molar-refractivity contribution in [2.45, 2.75) is 32.7 Å². The molecule has 6 nitrogen and oxygen atoms in total. The molecule has 0 saturated carbocycles. The van der Waals surface area contributed by atoms with Crippen LogP contribution < -0.4 is 5.56 Å². The number of rotatable bonds is 6. The molecule has 3 N–H and O–H groups in total. The number of nitrogens with zero attached hydrogens (tertiary/aromatic N) is 2. The maximum atomic E-state index is 11.8. The lowest BCUT2D eigenvalue weighted by Crippen LogP contribution is -2.20. The van der Waals surface area contributed by atoms with Crippen LogP contribution in [-0.4, -0.2) is 39.1 Å². The summed E-state index contributed by atoms with van der Waals surface area (Å²) in [7, 11) is 0. The molecule has 0 spiro atoms. The molecule has 0 fully saturated rings. The number of aliphatic hydroxyl groups is 1. The molecule has 0 aliphatic heterocycles. The molecule has 106 valence electrons. The van der Waals surface area contributed by atoms with Gasteiger partial charge < -0.3 is 10.2 Å². The summed E-state index contributed by atoms with van der Waals surface area (Å²) in [4.78, 5) is 18.3. The second-order valence-corrected chi connectivity index (χ2v) is 4.62. The van der Waals surface area contributed by atoms with Crippen molar-refractivity contribution in [3.63, 3.8) is 0 Å². The van der Waals surface area contributed by atoms with Crippen LogP contribution >= 0.6 is 12.2 Å². The summed E-state index contributed by atoms with van der Waals surface area (Å²) in [5.74, 6) is -0.171. The summed E-state index contributed by atoms with van der Waals surface area (Å²) in [6.07, 6.45) is 2.60. The molecule has 1 aromatic rings. The molecule has 0 radical (unpaired) electrons. The van der Waals surface area contributed by atoms with Crippen LogP contribution in [0.15, 0.2) is 9.79 Å². The normalized spacial score (nSPS) is 13.0. The Hall–Kier alpha value is -1.47. The Morgan fingerprint density at radius 2 is 2.26 bits per heavy atom. The van der Waals surface area contributed by atoms with Crippen molar-refractivity contribution in [2.75, 3.05) is 13.2 Å². The van der Waals surface area contributed by atoms with E-state index < -0.39 is 5.56 Å². The highest BCUT2D eigenvalue weighted by Gasteiger charge is 2.14. The molecule has 0 amide bonds. The topological polar surface area (TPSA) is 90.6 Å². The van der Waals surface area contributed by atoms with E-state index in [4.69, 9.17) is 17.3 Å². The van der Waals surface area contributed by atoms with Crippen molar-refractivity contribution in [3.05, 3.63) is 20.7 Å². The first-order chi connectivity index (χ1) is 9.02. The fraction of sp³-hybridized carbons (Fsp3) is 0.583. The van der Waals surface area contributed by atoms with Gasteiger partial charge in [0.2, 0.25) is 5.88 Å². The third-order valence-corrected chi connectivity index (χ3v) is 3.15. The number of aliphatic imine (C=N–C) groups is 1. The summed E-state index contributed by atoms with van der Waals surface area (Å²) < 4.78 is 1.70. The molecule has 0 bridgehead atoms. The third-order valence-electron chi connectivity index (χ3n) is 2.85. The van der Waals surface area contributed by atoms with Crippen LogP contribution in [0.4, 0.5) is 0 Å². The van der Waals surface area contributed by atoms with Crippen LogP contribution in [0.1, 0.15) is 38.3 Å². The number of aromatic hydroxyl groups is 1. The Morgan fingerprint density at radius 1 is 1.58 bits per heavy atom. The first-order valence-electron chi connectivity index (χ1n) is 6.21. The zero-order valence-corrected chi connectivity index (χ0v) is 11.9. The third kappa shape index (κ3) is 3.74. The zero-order chi connectivity index (χ0) is 14.4. The Bertz CT molecular complexity index is 562. The van der Waals surface area contributed by atoms with E-state index in [2.05, 4.69) is 9.98 Å². The van der Waals surface area contributed by atoms with Crippen molar-refractivity contribution in [1.82, 2.24) is 9.55 Å². The molecule has 7 heteroatoms. The van der Waals surface area contributed by atoms with E-state index in [0.717, 1.165) is 6.42 Å². The first kappa shape index (κ1) is 15.6. The van der Waals surface area contributed by atoms with Gasteiger partial charge in [-0.1, -0.05) is 6.92 Å². The van der Waals surface area contributed by atoms with Crippen LogP contribution in [0.5, 0.6) is 5.88 Å². The SMILES string of the molecule is CC[C@@H](C)n1c(O)c(C=NCCCO)c(=O)[nH]c1=S. The molecule has 19 heavy (non-hydrogen) atoms. The van der Waals surface area contributed by atoms with Crippen molar-refractivity contribution in [1.29, 1.82) is 0 Å². The predicted molar refractivity (Wildman–Crippen MR) is 76.7 cm³/mol. The van der Waals surface area contributed by atoms with Crippen LogP contribution in [0.25, 0.3) is 0 Å². The molecule has 0 saturated heterocycles. The average Bonchev–Trinajstić information content (AvgIpc) is 2.37. The molecule has 1 atom stereocenters. The maximum absolute atomic E-state index is 11.8. The number of aromatic amines is 1. The lowest BCUT2D eigenvalue weighted by Gasteiger charge is -2.16. The second-order valence-electron chi connectivity index (χ2n) is 4.24. The zero-order valence-electron chi connectivity index (χ0n) is 11.1. The number of H-pyrrole nitrogens is 1. The van der Waals surface area contributed by atoms with Gasteiger partial charge >= 0.3 is 0 Å². The molecule has 0 aromatic carbocycles. The molecule has 0 aliphatic rings. The predicted octanol–water partition coefficient (Wildman–Crippen LogP) is 1.38. The van der Waals surface area contributed by atoms with Gasteiger partial charge in [0.25, 0.3) is 5.56 Å². The molecule has 1 heterocycles. The van der Waals surface area contributed by atoms with E-state index in [0.29, 0.717) is 13.0 Å². The highest BCUT2D eigenvalue weighted by molar-refractivity contribution is 7.71. The highest BCUT2D eigenvalue weighted by Crippen LogP contribution is 2.19. The number of hydrogen-bond acceptors (Lipinski definition) is 5. The molecule has 1 rings (SSSR count). The minimum Gasteiger partial charge on any atom is -0.494 e. The van der Waals surface area contributed by atoms with E-state index in [-0.39, 0.29) is 28.9 Å².